The molecule has 0 saturated carbocycles. The molecule has 0 spiro atoms. The number of hydrogen-bond donors (Lipinski definition) is 1. The van der Waals surface area contributed by atoms with E-state index < -0.39 is 0 Å². The van der Waals surface area contributed by atoms with Crippen LogP contribution in [0.5, 0.6) is 0 Å². The maximum atomic E-state index is 12.0. The molecule has 2 heterocycles. The van der Waals surface area contributed by atoms with Gasteiger partial charge in [-0.3, -0.25) is 4.79 Å². The Balaban J connectivity index is 2.18. The monoisotopic (exact) mass is 298 g/mol. The molecule has 22 heavy (non-hydrogen) atoms. The van der Waals surface area contributed by atoms with Crippen LogP contribution in [0.25, 0.3) is 11.1 Å². The molecule has 0 unspecified atom stereocenters. The quantitative estimate of drug-likeness (QED) is 0.838. The van der Waals surface area contributed by atoms with Gasteiger partial charge in [-0.15, -0.1) is 0 Å². The molecule has 2 rings (SSSR count). The lowest BCUT2D eigenvalue weighted by Gasteiger charge is -2.09. The molecule has 0 aromatic carbocycles. The number of aromatic nitrogens is 3. The Kier molecular flexibility index (Phi) is 4.73. The summed E-state index contributed by atoms with van der Waals surface area (Å²) < 4.78 is 1.75. The summed E-state index contributed by atoms with van der Waals surface area (Å²) in [6.45, 7) is 0.344. The molecule has 0 aliphatic carbocycles. The van der Waals surface area contributed by atoms with E-state index in [-0.39, 0.29) is 5.91 Å². The summed E-state index contributed by atoms with van der Waals surface area (Å²) in [6, 6.07) is 3.78. The van der Waals surface area contributed by atoms with Crippen LogP contribution in [0.2, 0.25) is 0 Å². The summed E-state index contributed by atoms with van der Waals surface area (Å²) >= 11 is 0. The van der Waals surface area contributed by atoms with E-state index >= 15 is 0 Å². The number of anilines is 1. The van der Waals surface area contributed by atoms with E-state index in [9.17, 15) is 4.79 Å². The van der Waals surface area contributed by atoms with Gasteiger partial charge in [0.25, 0.3) is 5.91 Å². The van der Waals surface area contributed by atoms with Crippen molar-refractivity contribution in [3.63, 3.8) is 0 Å². The molecule has 2 aromatic rings. The first-order valence-electron chi connectivity index (χ1n) is 6.84. The Labute approximate surface area is 129 Å². The number of carbonyl (C=O) groups is 1. The van der Waals surface area contributed by atoms with Crippen LogP contribution in [0.3, 0.4) is 0 Å². The first-order valence-corrected chi connectivity index (χ1v) is 6.84. The largest absolute Gasteiger partial charge is 0.350 e. The lowest BCUT2D eigenvalue weighted by Crippen LogP contribution is -2.25. The fourth-order valence-corrected chi connectivity index (χ4v) is 1.97. The van der Waals surface area contributed by atoms with Gasteiger partial charge in [-0.25, -0.2) is 9.97 Å². The number of nitrogens with one attached hydrogen (secondary N) is 1. The normalized spacial score (nSPS) is 10.1. The van der Waals surface area contributed by atoms with Gasteiger partial charge in [-0.05, 0) is 6.07 Å². The number of nitrogens with zero attached hydrogens (tertiary/aromatic N) is 5. The zero-order valence-electron chi connectivity index (χ0n) is 12.9. The van der Waals surface area contributed by atoms with E-state index in [0.29, 0.717) is 24.6 Å². The summed E-state index contributed by atoms with van der Waals surface area (Å²) in [5.74, 6) is 0.434. The Morgan fingerprint density at radius 1 is 1.36 bits per heavy atom. The average Bonchev–Trinajstić information content (AvgIpc) is 2.89. The molecule has 0 saturated heterocycles. The standard InChI is InChI=1S/C15H18N6O/c1-20(2)15-18-8-12(9-19-15)11-7-13(21(3)10-11)14(22)17-6-4-5-16/h7-10H,4,6H2,1-3H3,(H,17,22). The Hall–Kier alpha value is -2.88. The van der Waals surface area contributed by atoms with Crippen molar-refractivity contribution in [3.05, 3.63) is 30.4 Å². The highest BCUT2D eigenvalue weighted by atomic mass is 16.1. The van der Waals surface area contributed by atoms with Crippen molar-refractivity contribution in [1.82, 2.24) is 19.9 Å². The van der Waals surface area contributed by atoms with Crippen molar-refractivity contribution in [2.75, 3.05) is 25.5 Å². The Bertz CT molecular complexity index is 696. The van der Waals surface area contributed by atoms with E-state index in [2.05, 4.69) is 15.3 Å². The first-order chi connectivity index (χ1) is 10.5. The van der Waals surface area contributed by atoms with Crippen LogP contribution >= 0.6 is 0 Å². The summed E-state index contributed by atoms with van der Waals surface area (Å²) in [5.41, 5.74) is 2.25. The van der Waals surface area contributed by atoms with Crippen molar-refractivity contribution >= 4 is 11.9 Å². The molecular weight excluding hydrogens is 280 g/mol. The van der Waals surface area contributed by atoms with E-state index in [1.165, 1.54) is 0 Å². The van der Waals surface area contributed by atoms with Gasteiger partial charge in [0.15, 0.2) is 0 Å². The molecule has 1 N–H and O–H groups in total. The van der Waals surface area contributed by atoms with Crippen LogP contribution in [-0.4, -0.2) is 41.1 Å². The highest BCUT2D eigenvalue weighted by molar-refractivity contribution is 5.94. The zero-order valence-corrected chi connectivity index (χ0v) is 12.9. The first kappa shape index (κ1) is 15.5. The molecular formula is C15H18N6O. The van der Waals surface area contributed by atoms with Gasteiger partial charge in [0, 0.05) is 57.4 Å². The van der Waals surface area contributed by atoms with Crippen LogP contribution in [0.1, 0.15) is 16.9 Å². The van der Waals surface area contributed by atoms with Gasteiger partial charge in [0.2, 0.25) is 5.95 Å². The molecule has 0 bridgehead atoms. The third-order valence-corrected chi connectivity index (χ3v) is 3.13. The lowest BCUT2D eigenvalue weighted by atomic mass is 10.2. The van der Waals surface area contributed by atoms with Gasteiger partial charge in [0.05, 0.1) is 12.5 Å². The second-order valence-electron chi connectivity index (χ2n) is 5.06. The van der Waals surface area contributed by atoms with Crippen LogP contribution in [0, 0.1) is 11.3 Å². The molecule has 114 valence electrons. The molecule has 7 nitrogen and oxygen atoms in total. The molecule has 7 heteroatoms. The van der Waals surface area contributed by atoms with Crippen molar-refractivity contribution in [1.29, 1.82) is 5.26 Å². The second kappa shape index (κ2) is 6.72. The third kappa shape index (κ3) is 3.41. The second-order valence-corrected chi connectivity index (χ2v) is 5.06. The van der Waals surface area contributed by atoms with Gasteiger partial charge >= 0.3 is 0 Å². The lowest BCUT2D eigenvalue weighted by molar-refractivity contribution is 0.0946. The van der Waals surface area contributed by atoms with E-state index in [1.54, 1.807) is 30.1 Å². The number of aryl methyl sites for hydroxylation is 1. The summed E-state index contributed by atoms with van der Waals surface area (Å²) in [5, 5.41) is 11.2. The van der Waals surface area contributed by atoms with E-state index in [1.807, 2.05) is 31.3 Å². The zero-order chi connectivity index (χ0) is 16.1. The Morgan fingerprint density at radius 3 is 2.64 bits per heavy atom. The number of nitriles is 1. The summed E-state index contributed by atoms with van der Waals surface area (Å²) in [4.78, 5) is 22.4. The molecule has 0 radical (unpaired) electrons. The van der Waals surface area contributed by atoms with Gasteiger partial charge in [-0.2, -0.15) is 5.26 Å². The molecule has 2 aromatic heterocycles. The van der Waals surface area contributed by atoms with E-state index in [0.717, 1.165) is 11.1 Å². The molecule has 0 fully saturated rings. The van der Waals surface area contributed by atoms with Crippen LogP contribution in [-0.2, 0) is 7.05 Å². The predicted molar refractivity (Wildman–Crippen MR) is 83.3 cm³/mol. The van der Waals surface area contributed by atoms with Crippen LogP contribution in [0.15, 0.2) is 24.7 Å². The van der Waals surface area contributed by atoms with Crippen LogP contribution in [0.4, 0.5) is 5.95 Å². The highest BCUT2D eigenvalue weighted by Crippen LogP contribution is 2.21. The fourth-order valence-electron chi connectivity index (χ4n) is 1.97. The molecule has 0 atom stereocenters. The maximum Gasteiger partial charge on any atom is 0.267 e. The fraction of sp³-hybridized carbons (Fsp3) is 0.333. The molecule has 0 aliphatic heterocycles. The van der Waals surface area contributed by atoms with Gasteiger partial charge in [-0.1, -0.05) is 0 Å². The van der Waals surface area contributed by atoms with E-state index in [4.69, 9.17) is 5.26 Å². The number of amides is 1. The predicted octanol–water partition coefficient (Wildman–Crippen LogP) is 1.19. The minimum atomic E-state index is -0.199. The third-order valence-electron chi connectivity index (χ3n) is 3.13. The number of hydrogen-bond acceptors (Lipinski definition) is 5. The Morgan fingerprint density at radius 2 is 2.05 bits per heavy atom. The van der Waals surface area contributed by atoms with Gasteiger partial charge in [0.1, 0.15) is 5.69 Å². The highest BCUT2D eigenvalue weighted by Gasteiger charge is 2.13. The topological polar surface area (TPSA) is 86.8 Å². The van der Waals surface area contributed by atoms with Gasteiger partial charge < -0.3 is 14.8 Å². The smallest absolute Gasteiger partial charge is 0.267 e. The number of rotatable bonds is 5. The van der Waals surface area contributed by atoms with Crippen molar-refractivity contribution in [3.8, 4) is 17.2 Å². The van der Waals surface area contributed by atoms with Crippen molar-refractivity contribution in [2.45, 2.75) is 6.42 Å². The summed E-state index contributed by atoms with van der Waals surface area (Å²) in [6.07, 6.45) is 5.61. The van der Waals surface area contributed by atoms with Crippen molar-refractivity contribution in [2.24, 2.45) is 7.05 Å². The average molecular weight is 298 g/mol. The number of carbonyl (C=O) groups excluding carboxylic acids is 1. The molecule has 1 amide bonds. The SMILES string of the molecule is CN(C)c1ncc(-c2cc(C(=O)NCCC#N)n(C)c2)cn1. The minimum Gasteiger partial charge on any atom is -0.350 e. The van der Waals surface area contributed by atoms with Crippen molar-refractivity contribution < 1.29 is 4.79 Å². The maximum absolute atomic E-state index is 12.0. The minimum absolute atomic E-state index is 0.199. The summed E-state index contributed by atoms with van der Waals surface area (Å²) in [7, 11) is 5.56. The molecule has 0 aliphatic rings. The van der Waals surface area contributed by atoms with Crippen LogP contribution < -0.4 is 10.2 Å².